The fourth-order valence-electron chi connectivity index (χ4n) is 1.95. The van der Waals surface area contributed by atoms with Gasteiger partial charge in [0.05, 0.1) is 11.4 Å². The first kappa shape index (κ1) is 14.8. The van der Waals surface area contributed by atoms with Gasteiger partial charge in [-0.3, -0.25) is 9.62 Å². The molecule has 0 radical (unpaired) electrons. The number of para-hydroxylation sites is 1. The van der Waals surface area contributed by atoms with Crippen molar-refractivity contribution in [3.8, 4) is 0 Å². The van der Waals surface area contributed by atoms with Crippen molar-refractivity contribution in [2.24, 2.45) is 0 Å². The molecule has 106 valence electrons. The molecule has 0 spiro atoms. The summed E-state index contributed by atoms with van der Waals surface area (Å²) in [6.07, 6.45) is 0. The molecule has 0 atom stereocenters. The largest absolute Gasteiger partial charge is 0.314 e. The standard InChI is InChI=1S/C12H18BrN3O2S/c13-11-3-1-2-4-12(11)15-19(17,18)10-9-16-7-5-14-6-8-16/h1-4,14-15H,5-10H2. The molecule has 19 heavy (non-hydrogen) atoms. The zero-order chi connectivity index (χ0) is 13.7. The normalized spacial score (nSPS) is 17.3. The third-order valence-electron chi connectivity index (χ3n) is 3.03. The van der Waals surface area contributed by atoms with E-state index in [-0.39, 0.29) is 5.75 Å². The molecule has 1 heterocycles. The number of halogens is 1. The highest BCUT2D eigenvalue weighted by Gasteiger charge is 2.16. The first-order valence-corrected chi connectivity index (χ1v) is 8.69. The predicted octanol–water partition coefficient (Wildman–Crippen LogP) is 1.10. The number of hydrogen-bond donors (Lipinski definition) is 2. The maximum Gasteiger partial charge on any atom is 0.234 e. The SMILES string of the molecule is O=S(=O)(CCN1CCNCC1)Nc1ccccc1Br. The van der Waals surface area contributed by atoms with Gasteiger partial charge < -0.3 is 5.32 Å². The van der Waals surface area contributed by atoms with Crippen LogP contribution in [0.3, 0.4) is 0 Å². The van der Waals surface area contributed by atoms with Gasteiger partial charge in [0.1, 0.15) is 0 Å². The molecule has 5 nitrogen and oxygen atoms in total. The molecule has 1 saturated heterocycles. The summed E-state index contributed by atoms with van der Waals surface area (Å²) >= 11 is 3.33. The molecule has 1 aromatic rings. The van der Waals surface area contributed by atoms with E-state index in [2.05, 4.69) is 30.9 Å². The monoisotopic (exact) mass is 347 g/mol. The van der Waals surface area contributed by atoms with Gasteiger partial charge in [0.25, 0.3) is 0 Å². The number of sulfonamides is 1. The van der Waals surface area contributed by atoms with Gasteiger partial charge in [0.15, 0.2) is 0 Å². The van der Waals surface area contributed by atoms with Crippen LogP contribution in [0.4, 0.5) is 5.69 Å². The van der Waals surface area contributed by atoms with Crippen molar-refractivity contribution in [3.63, 3.8) is 0 Å². The summed E-state index contributed by atoms with van der Waals surface area (Å²) in [6, 6.07) is 7.21. The Bertz CT molecular complexity index is 515. The molecular formula is C12H18BrN3O2S. The Morgan fingerprint density at radius 1 is 1.26 bits per heavy atom. The molecule has 2 rings (SSSR count). The van der Waals surface area contributed by atoms with Crippen molar-refractivity contribution >= 4 is 31.6 Å². The van der Waals surface area contributed by atoms with Gasteiger partial charge in [-0.2, -0.15) is 0 Å². The molecule has 1 aliphatic heterocycles. The van der Waals surface area contributed by atoms with Crippen molar-refractivity contribution in [1.82, 2.24) is 10.2 Å². The first-order chi connectivity index (χ1) is 9.07. The quantitative estimate of drug-likeness (QED) is 0.837. The van der Waals surface area contributed by atoms with E-state index < -0.39 is 10.0 Å². The number of nitrogens with one attached hydrogen (secondary N) is 2. The van der Waals surface area contributed by atoms with Crippen LogP contribution in [-0.2, 0) is 10.0 Å². The molecule has 0 amide bonds. The Labute approximate surface area is 122 Å². The molecule has 0 aliphatic carbocycles. The molecular weight excluding hydrogens is 330 g/mol. The summed E-state index contributed by atoms with van der Waals surface area (Å²) in [5.41, 5.74) is 0.586. The van der Waals surface area contributed by atoms with Crippen molar-refractivity contribution in [2.45, 2.75) is 0 Å². The lowest BCUT2D eigenvalue weighted by Gasteiger charge is -2.26. The Hall–Kier alpha value is -0.630. The topological polar surface area (TPSA) is 61.4 Å². The van der Waals surface area contributed by atoms with Gasteiger partial charge in [-0.15, -0.1) is 0 Å². The van der Waals surface area contributed by atoms with E-state index in [0.717, 1.165) is 30.7 Å². The second kappa shape index (κ2) is 6.69. The summed E-state index contributed by atoms with van der Waals surface area (Å²) < 4.78 is 27.4. The zero-order valence-electron chi connectivity index (χ0n) is 10.6. The van der Waals surface area contributed by atoms with Gasteiger partial charge in [-0.1, -0.05) is 12.1 Å². The fourth-order valence-corrected chi connectivity index (χ4v) is 3.58. The van der Waals surface area contributed by atoms with Crippen LogP contribution in [0.2, 0.25) is 0 Å². The van der Waals surface area contributed by atoms with Gasteiger partial charge in [0, 0.05) is 37.2 Å². The van der Waals surface area contributed by atoms with Gasteiger partial charge in [-0.25, -0.2) is 8.42 Å². The Morgan fingerprint density at radius 3 is 2.63 bits per heavy atom. The van der Waals surface area contributed by atoms with E-state index in [0.29, 0.717) is 12.2 Å². The molecule has 1 aliphatic rings. The van der Waals surface area contributed by atoms with Crippen LogP contribution >= 0.6 is 15.9 Å². The minimum Gasteiger partial charge on any atom is -0.314 e. The van der Waals surface area contributed by atoms with Crippen LogP contribution < -0.4 is 10.0 Å². The Kier molecular flexibility index (Phi) is 5.20. The number of benzene rings is 1. The van der Waals surface area contributed by atoms with Crippen LogP contribution in [0.25, 0.3) is 0 Å². The molecule has 7 heteroatoms. The van der Waals surface area contributed by atoms with Crippen molar-refractivity contribution in [2.75, 3.05) is 43.2 Å². The lowest BCUT2D eigenvalue weighted by Crippen LogP contribution is -2.45. The second-order valence-corrected chi connectivity index (χ2v) is 7.19. The average molecular weight is 348 g/mol. The van der Waals surface area contributed by atoms with Gasteiger partial charge in [0.2, 0.25) is 10.0 Å². The minimum absolute atomic E-state index is 0.119. The van der Waals surface area contributed by atoms with E-state index in [4.69, 9.17) is 0 Å². The highest BCUT2D eigenvalue weighted by atomic mass is 79.9. The molecule has 0 unspecified atom stereocenters. The Morgan fingerprint density at radius 2 is 1.95 bits per heavy atom. The highest BCUT2D eigenvalue weighted by molar-refractivity contribution is 9.10. The van der Waals surface area contributed by atoms with Gasteiger partial charge in [-0.05, 0) is 28.1 Å². The van der Waals surface area contributed by atoms with Crippen LogP contribution in [0, 0.1) is 0 Å². The number of nitrogens with zero attached hydrogens (tertiary/aromatic N) is 1. The molecule has 0 aromatic heterocycles. The first-order valence-electron chi connectivity index (χ1n) is 6.25. The number of hydrogen-bond acceptors (Lipinski definition) is 4. The van der Waals surface area contributed by atoms with E-state index in [9.17, 15) is 8.42 Å². The third kappa shape index (κ3) is 4.76. The average Bonchev–Trinajstić information content (AvgIpc) is 2.40. The molecule has 0 saturated carbocycles. The molecule has 1 fully saturated rings. The zero-order valence-corrected chi connectivity index (χ0v) is 13.0. The van der Waals surface area contributed by atoms with E-state index in [1.807, 2.05) is 12.1 Å². The molecule has 1 aromatic carbocycles. The number of piperazine rings is 1. The van der Waals surface area contributed by atoms with Crippen LogP contribution in [-0.4, -0.2) is 51.8 Å². The summed E-state index contributed by atoms with van der Waals surface area (Å²) in [6.45, 7) is 4.24. The number of anilines is 1. The summed E-state index contributed by atoms with van der Waals surface area (Å²) in [5, 5.41) is 3.25. The molecule has 2 N–H and O–H groups in total. The van der Waals surface area contributed by atoms with Crippen LogP contribution in [0.5, 0.6) is 0 Å². The van der Waals surface area contributed by atoms with E-state index >= 15 is 0 Å². The van der Waals surface area contributed by atoms with Crippen LogP contribution in [0.1, 0.15) is 0 Å². The van der Waals surface area contributed by atoms with E-state index in [1.165, 1.54) is 0 Å². The fraction of sp³-hybridized carbons (Fsp3) is 0.500. The van der Waals surface area contributed by atoms with Crippen molar-refractivity contribution in [3.05, 3.63) is 28.7 Å². The summed E-state index contributed by atoms with van der Waals surface area (Å²) in [4.78, 5) is 2.16. The Balaban J connectivity index is 1.90. The lowest BCUT2D eigenvalue weighted by atomic mass is 10.3. The third-order valence-corrected chi connectivity index (χ3v) is 4.97. The summed E-state index contributed by atoms with van der Waals surface area (Å²) in [7, 11) is -3.30. The summed E-state index contributed by atoms with van der Waals surface area (Å²) in [5.74, 6) is 0.119. The smallest absolute Gasteiger partial charge is 0.234 e. The van der Waals surface area contributed by atoms with E-state index in [1.54, 1.807) is 12.1 Å². The van der Waals surface area contributed by atoms with Gasteiger partial charge >= 0.3 is 0 Å². The maximum absolute atomic E-state index is 12.0. The maximum atomic E-state index is 12.0. The van der Waals surface area contributed by atoms with Crippen LogP contribution in [0.15, 0.2) is 28.7 Å². The molecule has 0 bridgehead atoms. The minimum atomic E-state index is -3.30. The second-order valence-electron chi connectivity index (χ2n) is 4.49. The predicted molar refractivity (Wildman–Crippen MR) is 80.9 cm³/mol. The van der Waals surface area contributed by atoms with Crippen molar-refractivity contribution < 1.29 is 8.42 Å². The van der Waals surface area contributed by atoms with Crippen molar-refractivity contribution in [1.29, 1.82) is 0 Å². The lowest BCUT2D eigenvalue weighted by molar-refractivity contribution is 0.254. The number of rotatable bonds is 5. The highest BCUT2D eigenvalue weighted by Crippen LogP contribution is 2.22.